The summed E-state index contributed by atoms with van der Waals surface area (Å²) in [5.41, 5.74) is 1.13. The highest BCUT2D eigenvalue weighted by Gasteiger charge is 2.10. The minimum Gasteiger partial charge on any atom is -0.300 e. The first-order valence-electron chi connectivity index (χ1n) is 4.33. The number of benzene rings is 1. The van der Waals surface area contributed by atoms with Crippen molar-refractivity contribution >= 4 is 38.5 Å². The molecule has 0 radical (unpaired) electrons. The van der Waals surface area contributed by atoms with E-state index in [1.807, 2.05) is 19.1 Å². The van der Waals surface area contributed by atoms with Crippen molar-refractivity contribution in [3.63, 3.8) is 0 Å². The second-order valence-corrected chi connectivity index (χ2v) is 4.92. The van der Waals surface area contributed by atoms with E-state index in [1.54, 1.807) is 0 Å². The molecule has 1 atom stereocenters. The molecule has 0 fully saturated rings. The Balaban J connectivity index is 3.03. The number of terminal acetylenes is 1. The minimum atomic E-state index is -0.0101. The molecule has 0 amide bonds. The lowest BCUT2D eigenvalue weighted by Gasteiger charge is -2.13. The Morgan fingerprint density at radius 3 is 2.93 bits per heavy atom. The van der Waals surface area contributed by atoms with E-state index < -0.39 is 0 Å². The van der Waals surface area contributed by atoms with E-state index in [-0.39, 0.29) is 6.04 Å². The number of nitrogens with one attached hydrogen (secondary N) is 1. The van der Waals surface area contributed by atoms with Crippen molar-refractivity contribution in [3.8, 4) is 12.3 Å². The van der Waals surface area contributed by atoms with Gasteiger partial charge in [0.25, 0.3) is 0 Å². The van der Waals surface area contributed by atoms with Crippen LogP contribution in [0, 0.1) is 15.9 Å². The lowest BCUT2D eigenvalue weighted by Crippen LogP contribution is -2.19. The van der Waals surface area contributed by atoms with Gasteiger partial charge in [-0.25, -0.2) is 0 Å². The molecule has 3 heteroatoms. The SMILES string of the molecule is C#CC(NCC)c1cc(I)ccc1Br. The van der Waals surface area contributed by atoms with Gasteiger partial charge in [-0.05, 0) is 52.9 Å². The smallest absolute Gasteiger partial charge is 0.0954 e. The molecule has 0 saturated heterocycles. The Morgan fingerprint density at radius 2 is 2.36 bits per heavy atom. The normalized spacial score (nSPS) is 12.1. The first kappa shape index (κ1) is 12.0. The summed E-state index contributed by atoms with van der Waals surface area (Å²) in [5, 5.41) is 3.25. The molecular weight excluding hydrogens is 353 g/mol. The van der Waals surface area contributed by atoms with Crippen LogP contribution in [-0.2, 0) is 0 Å². The maximum atomic E-state index is 5.47. The summed E-state index contributed by atoms with van der Waals surface area (Å²) in [6.45, 7) is 2.92. The van der Waals surface area contributed by atoms with Crippen LogP contribution >= 0.6 is 38.5 Å². The fourth-order valence-corrected chi connectivity index (χ4v) is 2.19. The minimum absolute atomic E-state index is 0.0101. The Hall–Kier alpha value is -0.0500. The molecule has 14 heavy (non-hydrogen) atoms. The molecule has 1 N–H and O–H groups in total. The Morgan fingerprint density at radius 1 is 1.64 bits per heavy atom. The van der Waals surface area contributed by atoms with Crippen molar-refractivity contribution in [2.24, 2.45) is 0 Å². The van der Waals surface area contributed by atoms with E-state index in [0.29, 0.717) is 0 Å². The molecule has 0 aliphatic rings. The van der Waals surface area contributed by atoms with Crippen molar-refractivity contribution in [1.82, 2.24) is 5.32 Å². The van der Waals surface area contributed by atoms with Crippen molar-refractivity contribution in [1.29, 1.82) is 0 Å². The molecule has 1 aromatic carbocycles. The quantitative estimate of drug-likeness (QED) is 0.641. The predicted octanol–water partition coefficient (Wildman–Crippen LogP) is 3.34. The van der Waals surface area contributed by atoms with Gasteiger partial charge in [-0.15, -0.1) is 6.42 Å². The van der Waals surface area contributed by atoms with E-state index in [0.717, 1.165) is 16.6 Å². The van der Waals surface area contributed by atoms with Crippen LogP contribution < -0.4 is 5.32 Å². The maximum Gasteiger partial charge on any atom is 0.0954 e. The largest absolute Gasteiger partial charge is 0.300 e. The van der Waals surface area contributed by atoms with Gasteiger partial charge in [-0.1, -0.05) is 28.8 Å². The Bertz CT molecular complexity index is 357. The summed E-state index contributed by atoms with van der Waals surface area (Å²) >= 11 is 5.79. The Kier molecular flexibility index (Phi) is 4.93. The van der Waals surface area contributed by atoms with Gasteiger partial charge in [0.2, 0.25) is 0 Å². The van der Waals surface area contributed by atoms with Gasteiger partial charge >= 0.3 is 0 Å². The van der Waals surface area contributed by atoms with Crippen LogP contribution in [0.1, 0.15) is 18.5 Å². The molecule has 1 unspecified atom stereocenters. The highest BCUT2D eigenvalue weighted by Crippen LogP contribution is 2.25. The second-order valence-electron chi connectivity index (χ2n) is 2.82. The number of halogens is 2. The fourth-order valence-electron chi connectivity index (χ4n) is 1.20. The van der Waals surface area contributed by atoms with Crippen molar-refractivity contribution in [2.75, 3.05) is 6.54 Å². The second kappa shape index (κ2) is 5.74. The average Bonchev–Trinajstić information content (AvgIpc) is 2.18. The van der Waals surface area contributed by atoms with Gasteiger partial charge in [0, 0.05) is 8.04 Å². The molecular formula is C11H11BrIN. The zero-order valence-corrected chi connectivity index (χ0v) is 11.6. The highest BCUT2D eigenvalue weighted by molar-refractivity contribution is 14.1. The van der Waals surface area contributed by atoms with E-state index >= 15 is 0 Å². The van der Waals surface area contributed by atoms with Crippen molar-refractivity contribution in [2.45, 2.75) is 13.0 Å². The van der Waals surface area contributed by atoms with Crippen LogP contribution in [0.4, 0.5) is 0 Å². The van der Waals surface area contributed by atoms with Crippen molar-refractivity contribution in [3.05, 3.63) is 31.8 Å². The molecule has 0 aliphatic carbocycles. The van der Waals surface area contributed by atoms with Gasteiger partial charge in [0.05, 0.1) is 6.04 Å². The van der Waals surface area contributed by atoms with Gasteiger partial charge in [-0.2, -0.15) is 0 Å². The van der Waals surface area contributed by atoms with Gasteiger partial charge in [0.1, 0.15) is 0 Å². The standard InChI is InChI=1S/C11H11BrIN/c1-3-11(14-4-2)9-7-8(13)5-6-10(9)12/h1,5-7,11,14H,4H2,2H3. The number of hydrogen-bond acceptors (Lipinski definition) is 1. The molecule has 0 spiro atoms. The zero-order chi connectivity index (χ0) is 10.6. The monoisotopic (exact) mass is 363 g/mol. The lowest BCUT2D eigenvalue weighted by atomic mass is 10.1. The van der Waals surface area contributed by atoms with E-state index in [2.05, 4.69) is 55.8 Å². The summed E-state index contributed by atoms with van der Waals surface area (Å²) in [5.74, 6) is 2.74. The lowest BCUT2D eigenvalue weighted by molar-refractivity contribution is 0.662. The molecule has 74 valence electrons. The van der Waals surface area contributed by atoms with E-state index in [4.69, 9.17) is 6.42 Å². The molecule has 0 saturated carbocycles. The molecule has 0 aromatic heterocycles. The topological polar surface area (TPSA) is 12.0 Å². The molecule has 0 heterocycles. The van der Waals surface area contributed by atoms with Gasteiger partial charge < -0.3 is 5.32 Å². The summed E-state index contributed by atoms with van der Waals surface area (Å²) in [7, 11) is 0. The maximum absolute atomic E-state index is 5.47. The number of rotatable bonds is 3. The summed E-state index contributed by atoms with van der Waals surface area (Å²) in [6.07, 6.45) is 5.47. The summed E-state index contributed by atoms with van der Waals surface area (Å²) < 4.78 is 2.25. The van der Waals surface area contributed by atoms with Gasteiger partial charge in [0.15, 0.2) is 0 Å². The zero-order valence-electron chi connectivity index (χ0n) is 7.85. The molecule has 1 rings (SSSR count). The summed E-state index contributed by atoms with van der Waals surface area (Å²) in [4.78, 5) is 0. The third-order valence-electron chi connectivity index (χ3n) is 1.84. The average molecular weight is 364 g/mol. The van der Waals surface area contributed by atoms with Crippen LogP contribution in [0.25, 0.3) is 0 Å². The van der Waals surface area contributed by atoms with Crippen LogP contribution in [0.2, 0.25) is 0 Å². The van der Waals surface area contributed by atoms with Crippen LogP contribution in [0.5, 0.6) is 0 Å². The Labute approximate surface area is 107 Å². The van der Waals surface area contributed by atoms with E-state index in [1.165, 1.54) is 3.57 Å². The third kappa shape index (κ3) is 2.97. The van der Waals surface area contributed by atoms with Crippen LogP contribution in [0.15, 0.2) is 22.7 Å². The molecule has 1 nitrogen and oxygen atoms in total. The fraction of sp³-hybridized carbons (Fsp3) is 0.273. The van der Waals surface area contributed by atoms with Gasteiger partial charge in [-0.3, -0.25) is 0 Å². The van der Waals surface area contributed by atoms with E-state index in [9.17, 15) is 0 Å². The highest BCUT2D eigenvalue weighted by atomic mass is 127. The van der Waals surface area contributed by atoms with Crippen LogP contribution in [0.3, 0.4) is 0 Å². The molecule has 0 bridgehead atoms. The molecule has 0 aliphatic heterocycles. The first-order chi connectivity index (χ1) is 6.69. The molecule has 1 aromatic rings. The van der Waals surface area contributed by atoms with Crippen LogP contribution in [-0.4, -0.2) is 6.54 Å². The predicted molar refractivity (Wildman–Crippen MR) is 72.1 cm³/mol. The first-order valence-corrected chi connectivity index (χ1v) is 6.20. The van der Waals surface area contributed by atoms with Crippen molar-refractivity contribution < 1.29 is 0 Å². The summed E-state index contributed by atoms with van der Waals surface area (Å²) in [6, 6.07) is 6.16. The number of hydrogen-bond donors (Lipinski definition) is 1. The third-order valence-corrected chi connectivity index (χ3v) is 3.24.